The highest BCUT2D eigenvalue weighted by Crippen LogP contribution is 2.38. The first-order chi connectivity index (χ1) is 11.4. The summed E-state index contributed by atoms with van der Waals surface area (Å²) in [7, 11) is 3.04. The van der Waals surface area contributed by atoms with Gasteiger partial charge in [0, 0.05) is 5.56 Å². The summed E-state index contributed by atoms with van der Waals surface area (Å²) in [5.41, 5.74) is 0.653. The van der Waals surface area contributed by atoms with Crippen LogP contribution in [0.5, 0.6) is 11.5 Å². The summed E-state index contributed by atoms with van der Waals surface area (Å²) in [6, 6.07) is 4.34. The first-order valence-corrected chi connectivity index (χ1v) is 8.37. The van der Waals surface area contributed by atoms with Gasteiger partial charge >= 0.3 is 5.97 Å². The van der Waals surface area contributed by atoms with E-state index in [1.165, 1.54) is 14.2 Å². The summed E-state index contributed by atoms with van der Waals surface area (Å²) in [4.78, 5) is 25.4. The average molecular weight is 367 g/mol. The monoisotopic (exact) mass is 367 g/mol. The number of amides is 1. The number of thiocarbonyl (C=S) groups is 1. The van der Waals surface area contributed by atoms with Crippen LogP contribution in [0.25, 0.3) is 6.08 Å². The molecule has 1 aliphatic rings. The van der Waals surface area contributed by atoms with Crippen molar-refractivity contribution in [1.29, 1.82) is 0 Å². The van der Waals surface area contributed by atoms with Gasteiger partial charge < -0.3 is 14.6 Å². The van der Waals surface area contributed by atoms with Crippen molar-refractivity contribution in [3.05, 3.63) is 28.7 Å². The Kier molecular flexibility index (Phi) is 5.84. The summed E-state index contributed by atoms with van der Waals surface area (Å²) < 4.78 is 10.8. The highest BCUT2D eigenvalue weighted by molar-refractivity contribution is 8.26. The number of nitrogens with zero attached hydrogens (tertiary/aromatic N) is 1. The normalized spacial score (nSPS) is 17.3. The van der Waals surface area contributed by atoms with Crippen molar-refractivity contribution in [3.8, 4) is 11.5 Å². The van der Waals surface area contributed by atoms with E-state index < -0.39 is 17.9 Å². The number of carboxylic acids is 1. The Hall–Kier alpha value is -2.06. The van der Waals surface area contributed by atoms with Crippen LogP contribution in [0.2, 0.25) is 0 Å². The molecule has 1 aliphatic heterocycles. The Morgan fingerprint density at radius 2 is 2.12 bits per heavy atom. The maximum Gasteiger partial charge on any atom is 0.326 e. The lowest BCUT2D eigenvalue weighted by Crippen LogP contribution is -2.43. The molecular formula is C16H17NO5S2. The number of ether oxygens (including phenoxy) is 2. The molecule has 0 spiro atoms. The molecular weight excluding hydrogens is 350 g/mol. The van der Waals surface area contributed by atoms with Crippen molar-refractivity contribution >= 4 is 46.3 Å². The lowest BCUT2D eigenvalue weighted by Gasteiger charge is -2.21. The number of carbonyl (C=O) groups is 2. The fourth-order valence-electron chi connectivity index (χ4n) is 2.38. The second-order valence-corrected chi connectivity index (χ2v) is 6.57. The third-order valence-corrected chi connectivity index (χ3v) is 4.86. The molecule has 6 nitrogen and oxygen atoms in total. The number of hydrogen-bond acceptors (Lipinski definition) is 6. The minimum atomic E-state index is -1.07. The van der Waals surface area contributed by atoms with Gasteiger partial charge in [0.25, 0.3) is 5.91 Å². The standard InChI is InChI=1S/C16H17NO5S2/c1-4-10(15(19)20)17-14(18)12(24-16(17)23)8-9-6-5-7-11(21-2)13(9)22-3/h5-8,10H,4H2,1-3H3,(H,19,20)/t10-/m0/s1. The second kappa shape index (κ2) is 7.67. The van der Waals surface area contributed by atoms with E-state index in [-0.39, 0.29) is 10.7 Å². The van der Waals surface area contributed by atoms with Crippen LogP contribution in [0.4, 0.5) is 0 Å². The third kappa shape index (κ3) is 3.39. The fraction of sp³-hybridized carbons (Fsp3) is 0.312. The van der Waals surface area contributed by atoms with E-state index in [0.717, 1.165) is 16.7 Å². The molecule has 8 heteroatoms. The second-order valence-electron chi connectivity index (χ2n) is 4.90. The quantitative estimate of drug-likeness (QED) is 0.612. The van der Waals surface area contributed by atoms with Crippen LogP contribution >= 0.6 is 24.0 Å². The highest BCUT2D eigenvalue weighted by Gasteiger charge is 2.39. The van der Waals surface area contributed by atoms with Gasteiger partial charge in [-0.2, -0.15) is 0 Å². The molecule has 1 aromatic carbocycles. The molecule has 1 saturated heterocycles. The molecule has 0 saturated carbocycles. The summed E-state index contributed by atoms with van der Waals surface area (Å²) in [5, 5.41) is 9.28. The Labute approximate surface area is 149 Å². The van der Waals surface area contributed by atoms with Crippen molar-refractivity contribution in [2.75, 3.05) is 14.2 Å². The Morgan fingerprint density at radius 3 is 2.67 bits per heavy atom. The molecule has 24 heavy (non-hydrogen) atoms. The van der Waals surface area contributed by atoms with Crippen molar-refractivity contribution in [1.82, 2.24) is 4.90 Å². The van der Waals surface area contributed by atoms with Crippen LogP contribution in [0.15, 0.2) is 23.1 Å². The molecule has 0 unspecified atom stereocenters. The van der Waals surface area contributed by atoms with Crippen LogP contribution in [-0.2, 0) is 9.59 Å². The molecule has 0 bridgehead atoms. The maximum atomic E-state index is 12.6. The largest absolute Gasteiger partial charge is 0.493 e. The molecule has 0 aromatic heterocycles. The van der Waals surface area contributed by atoms with Gasteiger partial charge in [0.05, 0.1) is 19.1 Å². The number of hydrogen-bond donors (Lipinski definition) is 1. The van der Waals surface area contributed by atoms with Gasteiger partial charge in [-0.05, 0) is 18.6 Å². The first-order valence-electron chi connectivity index (χ1n) is 7.15. The van der Waals surface area contributed by atoms with Gasteiger partial charge in [0.2, 0.25) is 0 Å². The van der Waals surface area contributed by atoms with E-state index >= 15 is 0 Å². The smallest absolute Gasteiger partial charge is 0.326 e. The van der Waals surface area contributed by atoms with Crippen LogP contribution in [0, 0.1) is 0 Å². The SMILES string of the molecule is CC[C@@H](C(=O)O)N1C(=O)C(=Cc2cccc(OC)c2OC)SC1=S. The van der Waals surface area contributed by atoms with Gasteiger partial charge in [-0.3, -0.25) is 9.69 Å². The predicted molar refractivity (Wildman–Crippen MR) is 96.3 cm³/mol. The Balaban J connectivity index is 2.41. The molecule has 1 N–H and O–H groups in total. The topological polar surface area (TPSA) is 76.1 Å². The maximum absolute atomic E-state index is 12.6. The van der Waals surface area contributed by atoms with Gasteiger partial charge in [0.15, 0.2) is 11.5 Å². The first kappa shape index (κ1) is 18.3. The molecule has 128 valence electrons. The minimum absolute atomic E-state index is 0.238. The number of methoxy groups -OCH3 is 2. The van der Waals surface area contributed by atoms with Gasteiger partial charge in [-0.25, -0.2) is 4.79 Å². The number of benzene rings is 1. The minimum Gasteiger partial charge on any atom is -0.493 e. The Morgan fingerprint density at radius 1 is 1.42 bits per heavy atom. The number of aliphatic carboxylic acids is 1. The molecule has 1 fully saturated rings. The number of carbonyl (C=O) groups excluding carboxylic acids is 1. The van der Waals surface area contributed by atoms with Crippen molar-refractivity contribution in [2.24, 2.45) is 0 Å². The highest BCUT2D eigenvalue weighted by atomic mass is 32.2. The zero-order valence-electron chi connectivity index (χ0n) is 13.4. The van der Waals surface area contributed by atoms with Gasteiger partial charge in [-0.15, -0.1) is 0 Å². The zero-order chi connectivity index (χ0) is 17.9. The van der Waals surface area contributed by atoms with E-state index in [4.69, 9.17) is 21.7 Å². The summed E-state index contributed by atoms with van der Waals surface area (Å²) in [5.74, 6) is -0.452. The zero-order valence-corrected chi connectivity index (χ0v) is 15.1. The van der Waals surface area contributed by atoms with Gasteiger partial charge in [0.1, 0.15) is 10.4 Å². The van der Waals surface area contributed by atoms with Gasteiger partial charge in [-0.1, -0.05) is 43.0 Å². The van der Waals surface area contributed by atoms with Crippen molar-refractivity contribution < 1.29 is 24.2 Å². The lowest BCUT2D eigenvalue weighted by atomic mass is 10.1. The molecule has 1 atom stereocenters. The summed E-state index contributed by atoms with van der Waals surface area (Å²) >= 11 is 6.27. The van der Waals surface area contributed by atoms with Crippen LogP contribution < -0.4 is 9.47 Å². The molecule has 0 aliphatic carbocycles. The molecule has 1 aromatic rings. The van der Waals surface area contributed by atoms with Crippen molar-refractivity contribution in [2.45, 2.75) is 19.4 Å². The predicted octanol–water partition coefficient (Wildman–Crippen LogP) is 2.77. The number of carboxylic acid groups (broad SMARTS) is 1. The number of thioether (sulfide) groups is 1. The van der Waals surface area contributed by atoms with Crippen LogP contribution in [-0.4, -0.2) is 46.5 Å². The average Bonchev–Trinajstić information content (AvgIpc) is 2.82. The summed E-state index contributed by atoms with van der Waals surface area (Å²) in [6.07, 6.45) is 1.91. The number of para-hydroxylation sites is 1. The Bertz CT molecular complexity index is 716. The van der Waals surface area contributed by atoms with E-state index in [0.29, 0.717) is 22.0 Å². The molecule has 1 heterocycles. The van der Waals surface area contributed by atoms with E-state index in [1.807, 2.05) is 0 Å². The molecule has 0 radical (unpaired) electrons. The van der Waals surface area contributed by atoms with Crippen LogP contribution in [0.1, 0.15) is 18.9 Å². The fourth-order valence-corrected chi connectivity index (χ4v) is 3.73. The number of rotatable bonds is 6. The van der Waals surface area contributed by atoms with Crippen LogP contribution in [0.3, 0.4) is 0 Å². The summed E-state index contributed by atoms with van der Waals surface area (Å²) in [6.45, 7) is 1.70. The van der Waals surface area contributed by atoms with E-state index in [1.54, 1.807) is 31.2 Å². The molecule has 1 amide bonds. The molecule has 2 rings (SSSR count). The van der Waals surface area contributed by atoms with E-state index in [2.05, 4.69) is 0 Å². The van der Waals surface area contributed by atoms with Crippen molar-refractivity contribution in [3.63, 3.8) is 0 Å². The van der Waals surface area contributed by atoms with E-state index in [9.17, 15) is 14.7 Å². The lowest BCUT2D eigenvalue weighted by molar-refractivity contribution is -0.145. The third-order valence-electron chi connectivity index (χ3n) is 3.53.